The van der Waals surface area contributed by atoms with E-state index in [0.29, 0.717) is 5.82 Å². The van der Waals surface area contributed by atoms with Crippen LogP contribution in [0.3, 0.4) is 0 Å². The van der Waals surface area contributed by atoms with Crippen molar-refractivity contribution in [2.75, 3.05) is 17.2 Å². The summed E-state index contributed by atoms with van der Waals surface area (Å²) in [5, 5.41) is 7.06. The molecule has 0 saturated heterocycles. The van der Waals surface area contributed by atoms with Gasteiger partial charge in [0.1, 0.15) is 17.0 Å². The minimum absolute atomic E-state index is 0.0937. The van der Waals surface area contributed by atoms with Crippen LogP contribution in [0.1, 0.15) is 21.6 Å². The molecular weight excluding hydrogens is 320 g/mol. The summed E-state index contributed by atoms with van der Waals surface area (Å²) in [5.74, 6) is 0.598. The molecule has 1 aromatic carbocycles. The first kappa shape index (κ1) is 16.4. The number of aromatic nitrogens is 2. The van der Waals surface area contributed by atoms with Crippen LogP contribution < -0.4 is 10.6 Å². The monoisotopic (exact) mass is 340 g/mol. The fourth-order valence-electron chi connectivity index (χ4n) is 2.84. The minimum Gasteiger partial charge on any atom is -0.360 e. The molecule has 0 saturated carbocycles. The van der Waals surface area contributed by atoms with Crippen molar-refractivity contribution in [2.24, 2.45) is 0 Å². The quantitative estimate of drug-likeness (QED) is 0.754. The first-order valence-corrected chi connectivity index (χ1v) is 8.58. The van der Waals surface area contributed by atoms with E-state index in [9.17, 15) is 4.79 Å². The normalized spacial score (nSPS) is 10.8. The summed E-state index contributed by atoms with van der Waals surface area (Å²) in [4.78, 5) is 22.9. The summed E-state index contributed by atoms with van der Waals surface area (Å²) in [5.41, 5.74) is 4.21. The molecule has 0 bridgehead atoms. The fraction of sp³-hybridized carbons (Fsp3) is 0.278. The molecule has 0 spiro atoms. The maximum absolute atomic E-state index is 12.3. The van der Waals surface area contributed by atoms with Crippen LogP contribution in [0.4, 0.5) is 11.5 Å². The van der Waals surface area contributed by atoms with Crippen molar-refractivity contribution in [1.29, 1.82) is 0 Å². The molecule has 124 valence electrons. The Balaban J connectivity index is 1.72. The molecule has 3 rings (SSSR count). The van der Waals surface area contributed by atoms with Crippen LogP contribution in [0.2, 0.25) is 0 Å². The number of hydrogen-bond acceptors (Lipinski definition) is 5. The molecule has 2 aromatic heterocycles. The number of rotatable bonds is 4. The SMILES string of the molecule is Cc1cc(C)c(NC(=O)CNc2ncnc3sc(C)cc23)c(C)c1. The molecule has 3 aromatic rings. The molecule has 2 N–H and O–H groups in total. The highest BCUT2D eigenvalue weighted by Gasteiger charge is 2.11. The van der Waals surface area contributed by atoms with Crippen molar-refractivity contribution in [1.82, 2.24) is 9.97 Å². The third-order valence-corrected chi connectivity index (χ3v) is 4.77. The van der Waals surface area contributed by atoms with E-state index >= 15 is 0 Å². The second-order valence-electron chi connectivity index (χ2n) is 5.97. The molecule has 0 aliphatic carbocycles. The first-order valence-electron chi connectivity index (χ1n) is 7.77. The zero-order chi connectivity index (χ0) is 17.3. The van der Waals surface area contributed by atoms with Crippen LogP contribution in [0.5, 0.6) is 0 Å². The van der Waals surface area contributed by atoms with Gasteiger partial charge in [0.15, 0.2) is 0 Å². The summed E-state index contributed by atoms with van der Waals surface area (Å²) in [6.45, 7) is 8.26. The lowest BCUT2D eigenvalue weighted by Gasteiger charge is -2.13. The van der Waals surface area contributed by atoms with E-state index in [1.165, 1.54) is 16.8 Å². The Labute approximate surface area is 145 Å². The third-order valence-electron chi connectivity index (χ3n) is 3.81. The summed E-state index contributed by atoms with van der Waals surface area (Å²) >= 11 is 1.62. The van der Waals surface area contributed by atoms with E-state index in [1.54, 1.807) is 11.3 Å². The van der Waals surface area contributed by atoms with Gasteiger partial charge in [-0.05, 0) is 44.9 Å². The highest BCUT2D eigenvalue weighted by atomic mass is 32.1. The maximum Gasteiger partial charge on any atom is 0.243 e. The Morgan fingerprint density at radius 3 is 2.50 bits per heavy atom. The Hall–Kier alpha value is -2.47. The predicted molar refractivity (Wildman–Crippen MR) is 99.9 cm³/mol. The molecule has 2 heterocycles. The van der Waals surface area contributed by atoms with Gasteiger partial charge in [-0.2, -0.15) is 0 Å². The highest BCUT2D eigenvalue weighted by molar-refractivity contribution is 7.18. The standard InChI is InChI=1S/C18H20N4OS/c1-10-5-11(2)16(12(3)6-10)22-15(23)8-19-17-14-7-13(4)24-18(14)21-9-20-17/h5-7,9H,8H2,1-4H3,(H,22,23)(H,19,20,21). The lowest BCUT2D eigenvalue weighted by Crippen LogP contribution is -2.23. The summed E-state index contributed by atoms with van der Waals surface area (Å²) in [6, 6.07) is 6.17. The second kappa shape index (κ2) is 6.57. The molecular formula is C18H20N4OS. The van der Waals surface area contributed by atoms with E-state index in [-0.39, 0.29) is 12.5 Å². The van der Waals surface area contributed by atoms with Crippen molar-refractivity contribution in [3.8, 4) is 0 Å². The van der Waals surface area contributed by atoms with Gasteiger partial charge in [-0.3, -0.25) is 4.79 Å². The molecule has 0 atom stereocenters. The van der Waals surface area contributed by atoms with Crippen LogP contribution in [-0.4, -0.2) is 22.4 Å². The number of hydrogen-bond donors (Lipinski definition) is 2. The maximum atomic E-state index is 12.3. The van der Waals surface area contributed by atoms with Gasteiger partial charge in [0.25, 0.3) is 0 Å². The molecule has 0 aliphatic heterocycles. The molecule has 6 heteroatoms. The summed E-state index contributed by atoms with van der Waals surface area (Å²) in [7, 11) is 0. The van der Waals surface area contributed by atoms with Gasteiger partial charge in [0.05, 0.1) is 11.9 Å². The smallest absolute Gasteiger partial charge is 0.243 e. The molecule has 0 unspecified atom stereocenters. The van der Waals surface area contributed by atoms with Crippen molar-refractivity contribution < 1.29 is 4.79 Å². The van der Waals surface area contributed by atoms with Gasteiger partial charge < -0.3 is 10.6 Å². The van der Waals surface area contributed by atoms with Gasteiger partial charge in [-0.15, -0.1) is 11.3 Å². The van der Waals surface area contributed by atoms with Gasteiger partial charge in [-0.1, -0.05) is 17.7 Å². The van der Waals surface area contributed by atoms with Crippen LogP contribution in [0.15, 0.2) is 24.5 Å². The molecule has 0 aliphatic rings. The number of carbonyl (C=O) groups is 1. The number of carbonyl (C=O) groups excluding carboxylic acids is 1. The Bertz CT molecular complexity index is 894. The number of benzene rings is 1. The topological polar surface area (TPSA) is 66.9 Å². The average Bonchev–Trinajstić information content (AvgIpc) is 2.89. The number of fused-ring (bicyclic) bond motifs is 1. The number of nitrogens with zero attached hydrogens (tertiary/aromatic N) is 2. The van der Waals surface area contributed by atoms with Gasteiger partial charge >= 0.3 is 0 Å². The van der Waals surface area contributed by atoms with Crippen molar-refractivity contribution in [3.63, 3.8) is 0 Å². The van der Waals surface area contributed by atoms with Gasteiger partial charge in [-0.25, -0.2) is 9.97 Å². The van der Waals surface area contributed by atoms with Crippen LogP contribution >= 0.6 is 11.3 Å². The van der Waals surface area contributed by atoms with Gasteiger partial charge in [0.2, 0.25) is 5.91 Å². The fourth-order valence-corrected chi connectivity index (χ4v) is 3.69. The minimum atomic E-state index is -0.0937. The third kappa shape index (κ3) is 3.38. The lowest BCUT2D eigenvalue weighted by molar-refractivity contribution is -0.114. The van der Waals surface area contributed by atoms with Crippen LogP contribution in [-0.2, 0) is 4.79 Å². The number of nitrogens with one attached hydrogen (secondary N) is 2. The van der Waals surface area contributed by atoms with E-state index in [2.05, 4.69) is 39.7 Å². The van der Waals surface area contributed by atoms with Crippen molar-refractivity contribution in [3.05, 3.63) is 46.1 Å². The zero-order valence-corrected chi connectivity index (χ0v) is 15.0. The summed E-state index contributed by atoms with van der Waals surface area (Å²) in [6.07, 6.45) is 1.52. The average molecular weight is 340 g/mol. The Morgan fingerprint density at radius 2 is 1.79 bits per heavy atom. The van der Waals surface area contributed by atoms with E-state index < -0.39 is 0 Å². The van der Waals surface area contributed by atoms with Crippen molar-refractivity contribution >= 4 is 39.0 Å². The zero-order valence-electron chi connectivity index (χ0n) is 14.2. The molecule has 0 fully saturated rings. The Kier molecular flexibility index (Phi) is 4.49. The largest absolute Gasteiger partial charge is 0.360 e. The van der Waals surface area contributed by atoms with E-state index in [4.69, 9.17) is 0 Å². The number of thiophene rings is 1. The Morgan fingerprint density at radius 1 is 1.08 bits per heavy atom. The van der Waals surface area contributed by atoms with Crippen molar-refractivity contribution in [2.45, 2.75) is 27.7 Å². The molecule has 5 nitrogen and oxygen atoms in total. The van der Waals surface area contributed by atoms with E-state index in [0.717, 1.165) is 27.0 Å². The van der Waals surface area contributed by atoms with E-state index in [1.807, 2.05) is 26.8 Å². The first-order chi connectivity index (χ1) is 11.4. The molecule has 0 radical (unpaired) electrons. The number of anilines is 2. The lowest BCUT2D eigenvalue weighted by atomic mass is 10.1. The second-order valence-corrected chi connectivity index (χ2v) is 7.21. The molecule has 24 heavy (non-hydrogen) atoms. The van der Waals surface area contributed by atoms with Crippen LogP contribution in [0.25, 0.3) is 10.2 Å². The highest BCUT2D eigenvalue weighted by Crippen LogP contribution is 2.27. The predicted octanol–water partition coefficient (Wildman–Crippen LogP) is 3.98. The number of aryl methyl sites for hydroxylation is 4. The summed E-state index contributed by atoms with van der Waals surface area (Å²) < 4.78 is 0. The number of amides is 1. The van der Waals surface area contributed by atoms with Crippen LogP contribution in [0, 0.1) is 27.7 Å². The van der Waals surface area contributed by atoms with Gasteiger partial charge in [0, 0.05) is 10.6 Å². The molecule has 1 amide bonds.